The van der Waals surface area contributed by atoms with Gasteiger partial charge in [-0.1, -0.05) is 6.07 Å². The number of fused-ring (bicyclic) bond motifs is 1. The van der Waals surface area contributed by atoms with Gasteiger partial charge in [-0.25, -0.2) is 9.18 Å². The molecule has 2 aromatic rings. The lowest BCUT2D eigenvalue weighted by Crippen LogP contribution is -2.33. The Morgan fingerprint density at radius 1 is 1.47 bits per heavy atom. The van der Waals surface area contributed by atoms with Crippen molar-refractivity contribution in [2.24, 2.45) is 7.05 Å². The van der Waals surface area contributed by atoms with Crippen LogP contribution in [0.2, 0.25) is 0 Å². The van der Waals surface area contributed by atoms with E-state index in [-0.39, 0.29) is 16.6 Å². The summed E-state index contributed by atoms with van der Waals surface area (Å²) >= 11 is 0. The molecule has 2 N–H and O–H groups in total. The first-order chi connectivity index (χ1) is 7.02. The summed E-state index contributed by atoms with van der Waals surface area (Å²) in [6, 6.07) is 2.47. The van der Waals surface area contributed by atoms with Crippen LogP contribution in [0.4, 0.5) is 4.39 Å². The van der Waals surface area contributed by atoms with E-state index in [0.717, 1.165) is 10.6 Å². The Hall–Kier alpha value is -1.60. The number of halogens is 1. The summed E-state index contributed by atoms with van der Waals surface area (Å²) in [6.07, 6.45) is 0. The van der Waals surface area contributed by atoms with Crippen LogP contribution in [0.5, 0.6) is 0 Å². The SMILES string of the molecule is Cn1c(=O)oc2ccc(B(O)O)c(F)c21. The van der Waals surface area contributed by atoms with Crippen molar-refractivity contribution in [1.29, 1.82) is 0 Å². The molecule has 7 heteroatoms. The minimum atomic E-state index is -1.92. The van der Waals surface area contributed by atoms with Crippen LogP contribution in [0.15, 0.2) is 21.3 Å². The van der Waals surface area contributed by atoms with Crippen LogP contribution in [0.1, 0.15) is 0 Å². The maximum Gasteiger partial charge on any atom is 0.491 e. The molecule has 0 aliphatic heterocycles. The predicted octanol–water partition coefficient (Wildman–Crippen LogP) is -1.05. The second-order valence-corrected chi connectivity index (χ2v) is 3.12. The van der Waals surface area contributed by atoms with E-state index in [1.54, 1.807) is 0 Å². The highest BCUT2D eigenvalue weighted by Gasteiger charge is 2.21. The molecule has 0 aliphatic rings. The molecule has 0 aliphatic carbocycles. The van der Waals surface area contributed by atoms with Crippen molar-refractivity contribution in [2.75, 3.05) is 0 Å². The highest BCUT2D eigenvalue weighted by atomic mass is 19.1. The number of oxazole rings is 1. The van der Waals surface area contributed by atoms with Gasteiger partial charge in [-0.15, -0.1) is 0 Å². The normalized spacial score (nSPS) is 10.9. The maximum atomic E-state index is 13.7. The lowest BCUT2D eigenvalue weighted by molar-refractivity contribution is 0.423. The first kappa shape index (κ1) is 9.94. The Balaban J connectivity index is 2.89. The second-order valence-electron chi connectivity index (χ2n) is 3.12. The molecule has 0 unspecified atom stereocenters. The molecule has 1 heterocycles. The number of hydrogen-bond acceptors (Lipinski definition) is 4. The molecule has 0 fully saturated rings. The standard InChI is InChI=1S/C8H7BFNO4/c1-11-7-5(15-8(11)12)3-2-4(6(7)10)9(13)14/h2-3,13-14H,1H3. The third kappa shape index (κ3) is 1.36. The zero-order chi connectivity index (χ0) is 11.2. The predicted molar refractivity (Wildman–Crippen MR) is 51.2 cm³/mol. The monoisotopic (exact) mass is 211 g/mol. The Kier molecular flexibility index (Phi) is 2.13. The molecule has 0 amide bonds. The largest absolute Gasteiger partial charge is 0.491 e. The number of aromatic nitrogens is 1. The zero-order valence-corrected chi connectivity index (χ0v) is 7.77. The van der Waals surface area contributed by atoms with Gasteiger partial charge in [-0.2, -0.15) is 0 Å². The molecule has 1 aromatic heterocycles. The summed E-state index contributed by atoms with van der Waals surface area (Å²) in [5, 5.41) is 17.7. The van der Waals surface area contributed by atoms with E-state index < -0.39 is 18.7 Å². The van der Waals surface area contributed by atoms with Gasteiger partial charge in [-0.05, 0) is 6.07 Å². The van der Waals surface area contributed by atoms with Gasteiger partial charge >= 0.3 is 12.9 Å². The van der Waals surface area contributed by atoms with Gasteiger partial charge in [0.2, 0.25) is 0 Å². The van der Waals surface area contributed by atoms with Crippen molar-refractivity contribution >= 4 is 23.7 Å². The number of hydrogen-bond donors (Lipinski definition) is 2. The van der Waals surface area contributed by atoms with Gasteiger partial charge in [0.05, 0.1) is 0 Å². The lowest BCUT2D eigenvalue weighted by Gasteiger charge is -2.02. The Morgan fingerprint density at radius 2 is 2.13 bits per heavy atom. The van der Waals surface area contributed by atoms with Crippen molar-refractivity contribution in [3.63, 3.8) is 0 Å². The van der Waals surface area contributed by atoms with Crippen LogP contribution in [0, 0.1) is 5.82 Å². The summed E-state index contributed by atoms with van der Waals surface area (Å²) in [5.74, 6) is -1.57. The molecular weight excluding hydrogens is 204 g/mol. The molecule has 78 valence electrons. The topological polar surface area (TPSA) is 75.6 Å². The van der Waals surface area contributed by atoms with Crippen LogP contribution in [-0.2, 0) is 7.05 Å². The minimum absolute atomic E-state index is 0.0735. The molecule has 0 radical (unpaired) electrons. The maximum absolute atomic E-state index is 13.7. The summed E-state index contributed by atoms with van der Waals surface area (Å²) in [4.78, 5) is 11.1. The van der Waals surface area contributed by atoms with E-state index in [2.05, 4.69) is 0 Å². The van der Waals surface area contributed by atoms with Crippen LogP contribution in [0.25, 0.3) is 11.1 Å². The molecule has 0 spiro atoms. The number of aryl methyl sites for hydroxylation is 1. The quantitative estimate of drug-likeness (QED) is 0.590. The fraction of sp³-hybridized carbons (Fsp3) is 0.125. The minimum Gasteiger partial charge on any atom is -0.423 e. The van der Waals surface area contributed by atoms with Gasteiger partial charge in [0.15, 0.2) is 11.4 Å². The van der Waals surface area contributed by atoms with E-state index >= 15 is 0 Å². The van der Waals surface area contributed by atoms with Crippen LogP contribution >= 0.6 is 0 Å². The molecule has 0 saturated heterocycles. The van der Waals surface area contributed by atoms with Gasteiger partial charge < -0.3 is 14.5 Å². The molecule has 5 nitrogen and oxygen atoms in total. The highest BCUT2D eigenvalue weighted by Crippen LogP contribution is 2.14. The van der Waals surface area contributed by atoms with Crippen molar-refractivity contribution < 1.29 is 18.9 Å². The molecule has 0 saturated carbocycles. The summed E-state index contributed by atoms with van der Waals surface area (Å²) in [7, 11) is -0.579. The average molecular weight is 211 g/mol. The zero-order valence-electron chi connectivity index (χ0n) is 7.77. The molecular formula is C8H7BFNO4. The number of rotatable bonds is 1. The van der Waals surface area contributed by atoms with Crippen LogP contribution in [0.3, 0.4) is 0 Å². The number of benzene rings is 1. The van der Waals surface area contributed by atoms with E-state index in [4.69, 9.17) is 14.5 Å². The van der Waals surface area contributed by atoms with E-state index in [1.807, 2.05) is 0 Å². The third-order valence-electron chi connectivity index (χ3n) is 2.19. The molecule has 15 heavy (non-hydrogen) atoms. The van der Waals surface area contributed by atoms with E-state index in [1.165, 1.54) is 13.1 Å². The second kappa shape index (κ2) is 3.21. The first-order valence-electron chi connectivity index (χ1n) is 4.16. The van der Waals surface area contributed by atoms with Gasteiger partial charge in [-0.3, -0.25) is 4.57 Å². The van der Waals surface area contributed by atoms with E-state index in [9.17, 15) is 9.18 Å². The average Bonchev–Trinajstić information content (AvgIpc) is 2.43. The first-order valence-corrected chi connectivity index (χ1v) is 4.16. The lowest BCUT2D eigenvalue weighted by atomic mass is 9.80. The third-order valence-corrected chi connectivity index (χ3v) is 2.19. The van der Waals surface area contributed by atoms with Gasteiger partial charge in [0, 0.05) is 12.5 Å². The smallest absolute Gasteiger partial charge is 0.423 e. The van der Waals surface area contributed by atoms with Gasteiger partial charge in [0.1, 0.15) is 5.52 Å². The molecule has 1 aromatic carbocycles. The van der Waals surface area contributed by atoms with Crippen molar-refractivity contribution in [3.8, 4) is 0 Å². The Bertz CT molecular complexity index is 574. The summed E-state index contributed by atoms with van der Waals surface area (Å²) < 4.78 is 19.3. The van der Waals surface area contributed by atoms with Crippen molar-refractivity contribution in [2.45, 2.75) is 0 Å². The highest BCUT2D eigenvalue weighted by molar-refractivity contribution is 6.59. The Labute approximate surface area is 83.5 Å². The summed E-state index contributed by atoms with van der Waals surface area (Å²) in [6.45, 7) is 0. The Morgan fingerprint density at radius 3 is 2.73 bits per heavy atom. The van der Waals surface area contributed by atoms with Gasteiger partial charge in [0.25, 0.3) is 0 Å². The van der Waals surface area contributed by atoms with Crippen LogP contribution < -0.4 is 11.2 Å². The summed E-state index contributed by atoms with van der Waals surface area (Å²) in [5.41, 5.74) is -0.297. The van der Waals surface area contributed by atoms with E-state index in [0.29, 0.717) is 0 Å². The molecule has 0 atom stereocenters. The molecule has 0 bridgehead atoms. The fourth-order valence-corrected chi connectivity index (χ4v) is 1.41. The van der Waals surface area contributed by atoms with Crippen LogP contribution in [-0.4, -0.2) is 21.7 Å². The fourth-order valence-electron chi connectivity index (χ4n) is 1.41. The van der Waals surface area contributed by atoms with Crippen molar-refractivity contribution in [1.82, 2.24) is 4.57 Å². The number of nitrogens with zero attached hydrogens (tertiary/aromatic N) is 1. The molecule has 2 rings (SSSR count). The van der Waals surface area contributed by atoms with Crippen molar-refractivity contribution in [3.05, 3.63) is 28.5 Å².